The number of aryl methyl sites for hydroxylation is 1. The summed E-state index contributed by atoms with van der Waals surface area (Å²) in [5, 5.41) is 4.04. The van der Waals surface area contributed by atoms with Crippen LogP contribution in [0.5, 0.6) is 5.75 Å². The number of rotatable bonds is 6. The molecule has 1 N–H and O–H groups in total. The first-order valence-electron chi connectivity index (χ1n) is 8.65. The molecule has 26 heavy (non-hydrogen) atoms. The third-order valence-electron chi connectivity index (χ3n) is 4.37. The highest BCUT2D eigenvalue weighted by molar-refractivity contribution is 6.31. The molecule has 0 saturated heterocycles. The Balaban J connectivity index is 1.96. The summed E-state index contributed by atoms with van der Waals surface area (Å²) in [6.07, 6.45) is 9.45. The van der Waals surface area contributed by atoms with Crippen LogP contribution in [0, 0.1) is 5.92 Å². The van der Waals surface area contributed by atoms with E-state index in [1.54, 1.807) is 6.20 Å². The van der Waals surface area contributed by atoms with Gasteiger partial charge in [0.2, 0.25) is 11.7 Å². The molecular formula is C20H22ClN3O2. The smallest absolute Gasteiger partial charge is 0.316 e. The monoisotopic (exact) mass is 371 g/mol. The molecule has 5 nitrogen and oxygen atoms in total. The highest BCUT2D eigenvalue weighted by Crippen LogP contribution is 2.24. The van der Waals surface area contributed by atoms with E-state index in [0.29, 0.717) is 12.5 Å². The summed E-state index contributed by atoms with van der Waals surface area (Å²) in [7, 11) is 1.47. The van der Waals surface area contributed by atoms with Crippen molar-refractivity contribution in [3.05, 3.63) is 69.6 Å². The van der Waals surface area contributed by atoms with Gasteiger partial charge in [0.1, 0.15) is 0 Å². The number of benzene rings is 1. The molecule has 3 rings (SSSR count). The molecule has 0 radical (unpaired) electrons. The van der Waals surface area contributed by atoms with Crippen LogP contribution in [-0.2, 0) is 13.0 Å². The molecule has 0 fully saturated rings. The lowest BCUT2D eigenvalue weighted by Crippen LogP contribution is -2.21. The molecule has 1 heterocycles. The van der Waals surface area contributed by atoms with Crippen LogP contribution in [0.1, 0.15) is 18.9 Å². The largest absolute Gasteiger partial charge is 0.490 e. The standard InChI is InChI=1S/C20H22ClN3O2/c1-3-15-8-4-5-10-17(15)22-20-23-19(25)18(26-2)13-24(20)12-14-7-6-9-16(21)11-14/h4-6,8-11,13-14H,3,7,12H2,1-2H3,(H,22,23,25). The molecular weight excluding hydrogens is 350 g/mol. The Morgan fingerprint density at radius 1 is 1.38 bits per heavy atom. The molecule has 1 atom stereocenters. The fourth-order valence-electron chi connectivity index (χ4n) is 3.01. The molecule has 136 valence electrons. The Kier molecular flexibility index (Phi) is 5.78. The zero-order valence-electron chi connectivity index (χ0n) is 14.9. The molecule has 1 aliphatic carbocycles. The SMILES string of the molecule is CCc1ccccc1Nc1nc(=O)c(OC)cn1CC1C=C(Cl)C=CC1. The minimum atomic E-state index is -0.391. The molecule has 0 spiro atoms. The summed E-state index contributed by atoms with van der Waals surface area (Å²) in [6.45, 7) is 2.73. The normalized spacial score (nSPS) is 16.3. The average molecular weight is 372 g/mol. The molecule has 1 aromatic carbocycles. The van der Waals surface area contributed by atoms with Gasteiger partial charge < -0.3 is 14.6 Å². The lowest BCUT2D eigenvalue weighted by Gasteiger charge is -2.20. The first-order valence-corrected chi connectivity index (χ1v) is 9.02. The maximum atomic E-state index is 12.2. The molecule has 0 saturated carbocycles. The van der Waals surface area contributed by atoms with Gasteiger partial charge in [0.05, 0.1) is 13.3 Å². The van der Waals surface area contributed by atoms with Gasteiger partial charge in [-0.2, -0.15) is 4.98 Å². The van der Waals surface area contributed by atoms with Crippen LogP contribution in [0.4, 0.5) is 11.6 Å². The maximum absolute atomic E-state index is 12.2. The molecule has 0 bridgehead atoms. The van der Waals surface area contributed by atoms with E-state index in [-0.39, 0.29) is 11.7 Å². The van der Waals surface area contributed by atoms with E-state index in [1.807, 2.05) is 34.9 Å². The number of halogens is 1. The van der Waals surface area contributed by atoms with Gasteiger partial charge in [-0.3, -0.25) is 4.79 Å². The Morgan fingerprint density at radius 3 is 2.92 bits per heavy atom. The second-order valence-corrected chi connectivity index (χ2v) is 6.61. The second-order valence-electron chi connectivity index (χ2n) is 6.18. The van der Waals surface area contributed by atoms with Crippen LogP contribution >= 0.6 is 11.6 Å². The number of anilines is 2. The van der Waals surface area contributed by atoms with Crippen LogP contribution in [-0.4, -0.2) is 16.7 Å². The van der Waals surface area contributed by atoms with Gasteiger partial charge in [0.15, 0.2) is 0 Å². The van der Waals surface area contributed by atoms with Gasteiger partial charge >= 0.3 is 5.56 Å². The van der Waals surface area contributed by atoms with Gasteiger partial charge in [-0.15, -0.1) is 0 Å². The summed E-state index contributed by atoms with van der Waals surface area (Å²) >= 11 is 6.13. The quantitative estimate of drug-likeness (QED) is 0.824. The van der Waals surface area contributed by atoms with E-state index in [1.165, 1.54) is 7.11 Å². The number of allylic oxidation sites excluding steroid dienone is 4. The van der Waals surface area contributed by atoms with Crippen molar-refractivity contribution in [3.8, 4) is 5.75 Å². The Morgan fingerprint density at radius 2 is 2.19 bits per heavy atom. The van der Waals surface area contributed by atoms with E-state index >= 15 is 0 Å². The Labute approximate surface area is 158 Å². The molecule has 6 heteroatoms. The van der Waals surface area contributed by atoms with Crippen molar-refractivity contribution in [3.63, 3.8) is 0 Å². The number of para-hydroxylation sites is 1. The number of aromatic nitrogens is 2. The van der Waals surface area contributed by atoms with Crippen molar-refractivity contribution in [2.45, 2.75) is 26.3 Å². The number of nitrogens with zero attached hydrogens (tertiary/aromatic N) is 2. The minimum Gasteiger partial charge on any atom is -0.490 e. The fraction of sp³-hybridized carbons (Fsp3) is 0.300. The fourth-order valence-corrected chi connectivity index (χ4v) is 3.27. The summed E-state index contributed by atoms with van der Waals surface area (Å²) in [6, 6.07) is 8.00. The van der Waals surface area contributed by atoms with E-state index in [0.717, 1.165) is 29.1 Å². The Hall–Kier alpha value is -2.53. The summed E-state index contributed by atoms with van der Waals surface area (Å²) in [4.78, 5) is 16.4. The number of hydrogen-bond donors (Lipinski definition) is 1. The number of methoxy groups -OCH3 is 1. The van der Waals surface area contributed by atoms with Crippen molar-refractivity contribution in [2.75, 3.05) is 12.4 Å². The average Bonchev–Trinajstić information content (AvgIpc) is 2.64. The lowest BCUT2D eigenvalue weighted by atomic mass is 10.0. The summed E-state index contributed by atoms with van der Waals surface area (Å²) < 4.78 is 7.08. The van der Waals surface area contributed by atoms with E-state index in [9.17, 15) is 4.79 Å². The predicted molar refractivity (Wildman–Crippen MR) is 105 cm³/mol. The molecule has 0 aliphatic heterocycles. The van der Waals surface area contributed by atoms with Crippen molar-refractivity contribution in [1.29, 1.82) is 0 Å². The number of ether oxygens (including phenoxy) is 1. The molecule has 1 unspecified atom stereocenters. The van der Waals surface area contributed by atoms with Gasteiger partial charge in [-0.25, -0.2) is 0 Å². The van der Waals surface area contributed by atoms with Crippen molar-refractivity contribution >= 4 is 23.2 Å². The molecule has 1 aliphatic rings. The third kappa shape index (κ3) is 4.17. The van der Waals surface area contributed by atoms with E-state index < -0.39 is 5.56 Å². The van der Waals surface area contributed by atoms with Gasteiger partial charge in [-0.1, -0.05) is 48.9 Å². The number of nitrogens with one attached hydrogen (secondary N) is 1. The first-order chi connectivity index (χ1) is 12.6. The van der Waals surface area contributed by atoms with Crippen LogP contribution < -0.4 is 15.6 Å². The maximum Gasteiger partial charge on any atom is 0.316 e. The summed E-state index contributed by atoms with van der Waals surface area (Å²) in [5.74, 6) is 0.944. The molecule has 0 amide bonds. The van der Waals surface area contributed by atoms with Crippen molar-refractivity contribution in [2.24, 2.45) is 5.92 Å². The van der Waals surface area contributed by atoms with Gasteiger partial charge in [0.25, 0.3) is 0 Å². The number of hydrogen-bond acceptors (Lipinski definition) is 4. The third-order valence-corrected chi connectivity index (χ3v) is 4.62. The van der Waals surface area contributed by atoms with Crippen LogP contribution in [0.25, 0.3) is 0 Å². The zero-order valence-corrected chi connectivity index (χ0v) is 15.7. The summed E-state index contributed by atoms with van der Waals surface area (Å²) in [5.41, 5.74) is 1.71. The van der Waals surface area contributed by atoms with Crippen LogP contribution in [0.2, 0.25) is 0 Å². The van der Waals surface area contributed by atoms with Crippen LogP contribution in [0.15, 0.2) is 58.5 Å². The second kappa shape index (κ2) is 8.23. The van der Waals surface area contributed by atoms with E-state index in [4.69, 9.17) is 16.3 Å². The molecule has 2 aromatic rings. The van der Waals surface area contributed by atoms with Crippen molar-refractivity contribution < 1.29 is 4.74 Å². The molecule has 1 aromatic heterocycles. The van der Waals surface area contributed by atoms with Crippen LogP contribution in [0.3, 0.4) is 0 Å². The highest BCUT2D eigenvalue weighted by atomic mass is 35.5. The predicted octanol–water partition coefficient (Wildman–Crippen LogP) is 4.26. The Bertz CT molecular complexity index is 902. The van der Waals surface area contributed by atoms with Crippen molar-refractivity contribution in [1.82, 2.24) is 9.55 Å². The minimum absolute atomic E-state index is 0.223. The van der Waals surface area contributed by atoms with E-state index in [2.05, 4.69) is 29.4 Å². The van der Waals surface area contributed by atoms with Gasteiger partial charge in [-0.05, 0) is 30.5 Å². The topological polar surface area (TPSA) is 56.1 Å². The van der Waals surface area contributed by atoms with Gasteiger partial charge in [0, 0.05) is 23.2 Å². The zero-order chi connectivity index (χ0) is 18.5. The lowest BCUT2D eigenvalue weighted by molar-refractivity contribution is 0.398. The first kappa shape index (κ1) is 18.3. The highest BCUT2D eigenvalue weighted by Gasteiger charge is 2.15.